The number of carbonyl (C=O) groups excluding carboxylic acids is 2. The van der Waals surface area contributed by atoms with Gasteiger partial charge in [0.15, 0.2) is 11.2 Å². The molecule has 1 aliphatic heterocycles. The van der Waals surface area contributed by atoms with Crippen LogP contribution in [0.5, 0.6) is 0 Å². The van der Waals surface area contributed by atoms with Gasteiger partial charge >= 0.3 is 5.97 Å². The maximum Gasteiger partial charge on any atom is 0.337 e. The highest BCUT2D eigenvalue weighted by atomic mass is 79.9. The van der Waals surface area contributed by atoms with E-state index in [1.165, 1.54) is 0 Å². The van der Waals surface area contributed by atoms with Gasteiger partial charge in [0.25, 0.3) is 6.01 Å². The summed E-state index contributed by atoms with van der Waals surface area (Å²) >= 11 is 3.44. The smallest absolute Gasteiger partial charge is 0.337 e. The maximum absolute atomic E-state index is 13.2. The first-order chi connectivity index (χ1) is 12.3. The SMILES string of the molecule is CC1=C(C(=O)OC(C)C)[C@@]2(C(=O)N1)c1cc(Br)ccc1-c1oc(N)nc12. The van der Waals surface area contributed by atoms with E-state index in [1.807, 2.05) is 12.1 Å². The van der Waals surface area contributed by atoms with Crippen LogP contribution in [0.1, 0.15) is 32.0 Å². The number of fused-ring (bicyclic) bond motifs is 5. The molecule has 1 spiro atoms. The number of ether oxygens (including phenoxy) is 1. The molecule has 3 N–H and O–H groups in total. The Bertz CT molecular complexity index is 1010. The van der Waals surface area contributed by atoms with Gasteiger partial charge in [-0.2, -0.15) is 4.98 Å². The number of allylic oxidation sites excluding steroid dienone is 1. The van der Waals surface area contributed by atoms with Crippen molar-refractivity contribution in [3.8, 4) is 11.3 Å². The van der Waals surface area contributed by atoms with E-state index in [9.17, 15) is 9.59 Å². The van der Waals surface area contributed by atoms with Crippen LogP contribution >= 0.6 is 15.9 Å². The first-order valence-electron chi connectivity index (χ1n) is 8.07. The number of hydrogen-bond acceptors (Lipinski definition) is 6. The second-order valence-electron chi connectivity index (χ2n) is 6.58. The second-order valence-corrected chi connectivity index (χ2v) is 7.49. The number of rotatable bonds is 2. The Balaban J connectivity index is 2.06. The average molecular weight is 418 g/mol. The van der Waals surface area contributed by atoms with Crippen LogP contribution in [0.2, 0.25) is 0 Å². The van der Waals surface area contributed by atoms with E-state index in [2.05, 4.69) is 26.2 Å². The number of anilines is 1. The van der Waals surface area contributed by atoms with Crippen molar-refractivity contribution in [2.45, 2.75) is 32.3 Å². The van der Waals surface area contributed by atoms with Gasteiger partial charge in [0.05, 0.1) is 11.7 Å². The van der Waals surface area contributed by atoms with E-state index < -0.39 is 11.4 Å². The fourth-order valence-electron chi connectivity index (χ4n) is 3.71. The maximum atomic E-state index is 13.2. The Morgan fingerprint density at radius 3 is 2.85 bits per heavy atom. The topological polar surface area (TPSA) is 107 Å². The molecule has 8 heteroatoms. The minimum Gasteiger partial charge on any atom is -0.460 e. The lowest BCUT2D eigenvalue weighted by molar-refractivity contribution is -0.144. The summed E-state index contributed by atoms with van der Waals surface area (Å²) in [5, 5.41) is 2.77. The van der Waals surface area contributed by atoms with Crippen LogP contribution in [0.15, 0.2) is 38.4 Å². The predicted molar refractivity (Wildman–Crippen MR) is 96.9 cm³/mol. The molecule has 0 radical (unpaired) electrons. The number of nitrogens with two attached hydrogens (primary N) is 1. The molecule has 2 aliphatic rings. The molecule has 0 unspecified atom stereocenters. The number of oxazole rings is 1. The molecule has 2 heterocycles. The minimum absolute atomic E-state index is 0.0585. The molecule has 4 rings (SSSR count). The fourth-order valence-corrected chi connectivity index (χ4v) is 4.07. The molecule has 134 valence electrons. The number of benzene rings is 1. The van der Waals surface area contributed by atoms with Crippen molar-refractivity contribution in [2.24, 2.45) is 0 Å². The Morgan fingerprint density at radius 2 is 2.15 bits per heavy atom. The normalized spacial score (nSPS) is 20.6. The summed E-state index contributed by atoms with van der Waals surface area (Å²) in [6, 6.07) is 5.38. The average Bonchev–Trinajstić information content (AvgIpc) is 3.11. The fraction of sp³-hybridized carbons (Fsp3) is 0.278. The van der Waals surface area contributed by atoms with Gasteiger partial charge in [-0.1, -0.05) is 15.9 Å². The molecule has 1 aliphatic carbocycles. The Morgan fingerprint density at radius 1 is 1.42 bits per heavy atom. The van der Waals surface area contributed by atoms with E-state index in [-0.39, 0.29) is 23.6 Å². The second kappa shape index (κ2) is 5.44. The van der Waals surface area contributed by atoms with E-state index in [0.717, 1.165) is 4.47 Å². The van der Waals surface area contributed by atoms with Gasteiger partial charge < -0.3 is 20.2 Å². The quantitative estimate of drug-likeness (QED) is 0.727. The van der Waals surface area contributed by atoms with Crippen molar-refractivity contribution in [3.63, 3.8) is 0 Å². The van der Waals surface area contributed by atoms with E-state index in [1.54, 1.807) is 26.8 Å². The number of amides is 1. The first-order valence-corrected chi connectivity index (χ1v) is 8.87. The zero-order valence-corrected chi connectivity index (χ0v) is 15.9. The lowest BCUT2D eigenvalue weighted by atomic mass is 9.74. The van der Waals surface area contributed by atoms with Crippen LogP contribution in [0.25, 0.3) is 11.3 Å². The zero-order valence-electron chi connectivity index (χ0n) is 14.3. The third-order valence-corrected chi connectivity index (χ3v) is 5.06. The molecule has 1 amide bonds. The van der Waals surface area contributed by atoms with Gasteiger partial charge in [-0.25, -0.2) is 4.79 Å². The third-order valence-electron chi connectivity index (χ3n) is 4.57. The van der Waals surface area contributed by atoms with Gasteiger partial charge in [-0.15, -0.1) is 0 Å². The molecular weight excluding hydrogens is 402 g/mol. The number of halogens is 1. The van der Waals surface area contributed by atoms with E-state index in [4.69, 9.17) is 14.9 Å². The Labute approximate surface area is 157 Å². The molecule has 0 bridgehead atoms. The highest BCUT2D eigenvalue weighted by molar-refractivity contribution is 9.10. The number of carbonyl (C=O) groups is 2. The number of esters is 1. The third kappa shape index (κ3) is 2.02. The zero-order chi connectivity index (χ0) is 18.8. The van der Waals surface area contributed by atoms with Crippen molar-refractivity contribution in [1.29, 1.82) is 0 Å². The summed E-state index contributed by atoms with van der Waals surface area (Å²) in [7, 11) is 0. The Hall–Kier alpha value is -2.61. The van der Waals surface area contributed by atoms with Crippen LogP contribution < -0.4 is 11.1 Å². The van der Waals surface area contributed by atoms with Crippen molar-refractivity contribution < 1.29 is 18.7 Å². The van der Waals surface area contributed by atoms with E-state index >= 15 is 0 Å². The monoisotopic (exact) mass is 417 g/mol. The van der Waals surface area contributed by atoms with Gasteiger partial charge in [0.1, 0.15) is 5.69 Å². The molecular formula is C18H16BrN3O4. The molecule has 0 fully saturated rings. The highest BCUT2D eigenvalue weighted by Gasteiger charge is 2.61. The lowest BCUT2D eigenvalue weighted by Crippen LogP contribution is -2.41. The molecule has 7 nitrogen and oxygen atoms in total. The summed E-state index contributed by atoms with van der Waals surface area (Å²) in [6.45, 7) is 5.18. The van der Waals surface area contributed by atoms with Gasteiger partial charge in [-0.05, 0) is 44.5 Å². The number of nitrogens with zero attached hydrogens (tertiary/aromatic N) is 1. The predicted octanol–water partition coefficient (Wildman–Crippen LogP) is 2.64. The molecule has 1 aromatic carbocycles. The van der Waals surface area contributed by atoms with Crippen LogP contribution in [0.4, 0.5) is 6.01 Å². The van der Waals surface area contributed by atoms with Crippen molar-refractivity contribution in [2.75, 3.05) is 5.73 Å². The van der Waals surface area contributed by atoms with Gasteiger partial charge in [0.2, 0.25) is 5.91 Å². The molecule has 26 heavy (non-hydrogen) atoms. The first kappa shape index (κ1) is 16.8. The molecule has 0 saturated carbocycles. The number of aromatic nitrogens is 1. The largest absolute Gasteiger partial charge is 0.460 e. The number of nitrogen functional groups attached to an aromatic ring is 1. The summed E-state index contributed by atoms with van der Waals surface area (Å²) in [4.78, 5) is 30.3. The standard InChI is InChI=1S/C18H16BrN3O4/c1-7(2)25-15(23)12-8(3)21-16(24)18(12)11-6-9(19)4-5-10(11)13-14(18)22-17(20)26-13/h4-7H,1-3H3,(H2,20,22)(H,21,24)/t18-/m0/s1. The number of nitrogens with one attached hydrogen (secondary N) is 1. The Kier molecular flexibility index (Phi) is 3.52. The van der Waals surface area contributed by atoms with Crippen LogP contribution in [0, 0.1) is 0 Å². The molecule has 1 atom stereocenters. The number of hydrogen-bond donors (Lipinski definition) is 2. The lowest BCUT2D eigenvalue weighted by Gasteiger charge is -2.25. The van der Waals surface area contributed by atoms with Crippen molar-refractivity contribution >= 4 is 33.8 Å². The molecule has 0 saturated heterocycles. The van der Waals surface area contributed by atoms with Crippen molar-refractivity contribution in [1.82, 2.24) is 10.3 Å². The highest BCUT2D eigenvalue weighted by Crippen LogP contribution is 2.56. The van der Waals surface area contributed by atoms with Gasteiger partial charge in [-0.3, -0.25) is 4.79 Å². The summed E-state index contributed by atoms with van der Waals surface area (Å²) in [6.07, 6.45) is -0.333. The summed E-state index contributed by atoms with van der Waals surface area (Å²) < 4.78 is 11.8. The minimum atomic E-state index is -1.44. The van der Waals surface area contributed by atoms with Crippen molar-refractivity contribution in [3.05, 3.63) is 45.2 Å². The molecule has 2 aromatic rings. The summed E-state index contributed by atoms with van der Waals surface area (Å²) in [5.74, 6) is -0.557. The van der Waals surface area contributed by atoms with Gasteiger partial charge in [0, 0.05) is 15.7 Å². The van der Waals surface area contributed by atoms with Crippen LogP contribution in [-0.4, -0.2) is 23.0 Å². The van der Waals surface area contributed by atoms with E-state index in [0.29, 0.717) is 28.3 Å². The van der Waals surface area contributed by atoms with Crippen LogP contribution in [-0.2, 0) is 19.7 Å². The summed E-state index contributed by atoms with van der Waals surface area (Å²) in [5.41, 5.74) is 6.56. The van der Waals surface area contributed by atoms with Crippen LogP contribution in [0.3, 0.4) is 0 Å². The molecule has 1 aromatic heterocycles.